The van der Waals surface area contributed by atoms with Crippen LogP contribution in [0.15, 0.2) is 30.3 Å². The molecule has 3 fully saturated rings. The molecule has 1 aromatic carbocycles. The molecule has 6 nitrogen and oxygen atoms in total. The number of nitrogens with zero attached hydrogens (tertiary/aromatic N) is 1. The van der Waals surface area contributed by atoms with Crippen molar-refractivity contribution in [3.63, 3.8) is 0 Å². The van der Waals surface area contributed by atoms with Crippen LogP contribution in [0.4, 0.5) is 0 Å². The zero-order chi connectivity index (χ0) is 19.6. The SMILES string of the molecule is O=C(CC1CCOC2(CCN(S(=O)(=O)Cc3ccccc3)CC2)C1)NC1CC1. The predicted molar refractivity (Wildman–Crippen MR) is 107 cm³/mol. The van der Waals surface area contributed by atoms with E-state index in [1.54, 1.807) is 4.31 Å². The summed E-state index contributed by atoms with van der Waals surface area (Å²) in [6.45, 7) is 1.66. The van der Waals surface area contributed by atoms with Crippen LogP contribution in [0, 0.1) is 5.92 Å². The highest BCUT2D eigenvalue weighted by atomic mass is 32.2. The number of hydrogen-bond acceptors (Lipinski definition) is 4. The Bertz CT molecular complexity index is 784. The molecule has 1 amide bonds. The van der Waals surface area contributed by atoms with Gasteiger partial charge >= 0.3 is 0 Å². The minimum atomic E-state index is -3.32. The van der Waals surface area contributed by atoms with Gasteiger partial charge in [-0.3, -0.25) is 4.79 Å². The van der Waals surface area contributed by atoms with E-state index >= 15 is 0 Å². The molecule has 0 radical (unpaired) electrons. The van der Waals surface area contributed by atoms with E-state index < -0.39 is 10.0 Å². The second-order valence-electron chi connectivity index (χ2n) is 8.58. The maximum atomic E-state index is 12.8. The number of piperidine rings is 1. The molecule has 2 saturated heterocycles. The van der Waals surface area contributed by atoms with E-state index in [0.29, 0.717) is 50.9 Å². The van der Waals surface area contributed by atoms with Crippen LogP contribution >= 0.6 is 0 Å². The molecular weight excluding hydrogens is 376 g/mol. The molecule has 2 heterocycles. The number of amides is 1. The van der Waals surface area contributed by atoms with Crippen molar-refractivity contribution in [1.29, 1.82) is 0 Å². The monoisotopic (exact) mass is 406 g/mol. The molecule has 1 aliphatic carbocycles. The number of carbonyl (C=O) groups excluding carboxylic acids is 1. The number of sulfonamides is 1. The lowest BCUT2D eigenvalue weighted by atomic mass is 9.78. The Morgan fingerprint density at radius 2 is 1.86 bits per heavy atom. The highest BCUT2D eigenvalue weighted by molar-refractivity contribution is 7.88. The van der Waals surface area contributed by atoms with Gasteiger partial charge in [-0.2, -0.15) is 0 Å². The first-order valence-corrected chi connectivity index (χ1v) is 12.0. The van der Waals surface area contributed by atoms with Gasteiger partial charge in [0.1, 0.15) is 0 Å². The Morgan fingerprint density at radius 1 is 1.14 bits per heavy atom. The Labute approximate surface area is 167 Å². The van der Waals surface area contributed by atoms with E-state index in [-0.39, 0.29) is 17.3 Å². The highest BCUT2D eigenvalue weighted by Crippen LogP contribution is 2.39. The van der Waals surface area contributed by atoms with E-state index in [0.717, 1.165) is 31.2 Å². The fourth-order valence-electron chi connectivity index (χ4n) is 4.48. The van der Waals surface area contributed by atoms with Crippen molar-refractivity contribution in [2.75, 3.05) is 19.7 Å². The summed E-state index contributed by atoms with van der Waals surface area (Å²) in [5.41, 5.74) is 0.556. The minimum Gasteiger partial charge on any atom is -0.375 e. The van der Waals surface area contributed by atoms with Gasteiger partial charge in [0.2, 0.25) is 15.9 Å². The van der Waals surface area contributed by atoms with Gasteiger partial charge in [-0.1, -0.05) is 30.3 Å². The molecule has 1 saturated carbocycles. The van der Waals surface area contributed by atoms with Gasteiger partial charge in [-0.25, -0.2) is 12.7 Å². The number of rotatable bonds is 6. The van der Waals surface area contributed by atoms with Crippen LogP contribution < -0.4 is 5.32 Å². The standard InChI is InChI=1S/C21H30N2O4S/c24-20(22-19-6-7-19)14-18-8-13-27-21(15-18)9-11-23(12-10-21)28(25,26)16-17-4-2-1-3-5-17/h1-5,18-19H,6-16H2,(H,22,24). The zero-order valence-corrected chi connectivity index (χ0v) is 17.1. The van der Waals surface area contributed by atoms with Crippen LogP contribution in [0.25, 0.3) is 0 Å². The van der Waals surface area contributed by atoms with Gasteiger partial charge in [-0.15, -0.1) is 0 Å². The Kier molecular flexibility index (Phi) is 5.76. The lowest BCUT2D eigenvalue weighted by molar-refractivity contribution is -0.132. The molecule has 3 aliphatic rings. The average molecular weight is 407 g/mol. The summed E-state index contributed by atoms with van der Waals surface area (Å²) in [5.74, 6) is 0.540. The van der Waals surface area contributed by atoms with E-state index in [1.165, 1.54) is 0 Å². The van der Waals surface area contributed by atoms with Crippen LogP contribution in [0.5, 0.6) is 0 Å². The van der Waals surface area contributed by atoms with Gasteiger partial charge in [0.15, 0.2) is 0 Å². The molecule has 1 unspecified atom stereocenters. The number of hydrogen-bond donors (Lipinski definition) is 1. The largest absolute Gasteiger partial charge is 0.375 e. The maximum absolute atomic E-state index is 12.8. The van der Waals surface area contributed by atoms with Crippen molar-refractivity contribution >= 4 is 15.9 Å². The molecule has 4 rings (SSSR count). The summed E-state index contributed by atoms with van der Waals surface area (Å²) in [6.07, 6.45) is 5.97. The zero-order valence-electron chi connectivity index (χ0n) is 16.3. The number of benzene rings is 1. The summed E-state index contributed by atoms with van der Waals surface area (Å²) < 4.78 is 33.3. The molecule has 0 bridgehead atoms. The third-order valence-corrected chi connectivity index (χ3v) is 8.08. The van der Waals surface area contributed by atoms with E-state index in [4.69, 9.17) is 4.74 Å². The predicted octanol–water partition coefficient (Wildman–Crippen LogP) is 2.45. The first kappa shape index (κ1) is 19.9. The molecule has 154 valence electrons. The molecule has 1 aromatic rings. The smallest absolute Gasteiger partial charge is 0.220 e. The molecule has 0 aromatic heterocycles. The van der Waals surface area contributed by atoms with Crippen LogP contribution in [-0.4, -0.2) is 50.0 Å². The van der Waals surface area contributed by atoms with Gasteiger partial charge in [-0.05, 0) is 50.0 Å². The normalized spacial score (nSPS) is 25.5. The summed E-state index contributed by atoms with van der Waals surface area (Å²) >= 11 is 0. The second-order valence-corrected chi connectivity index (χ2v) is 10.5. The maximum Gasteiger partial charge on any atom is 0.220 e. The van der Waals surface area contributed by atoms with Gasteiger partial charge in [0.25, 0.3) is 0 Å². The first-order chi connectivity index (χ1) is 13.4. The molecule has 28 heavy (non-hydrogen) atoms. The lowest BCUT2D eigenvalue weighted by Crippen LogP contribution is -2.51. The minimum absolute atomic E-state index is 0.0473. The third-order valence-electron chi connectivity index (χ3n) is 6.23. The molecule has 1 atom stereocenters. The van der Waals surface area contributed by atoms with Crippen molar-refractivity contribution < 1.29 is 17.9 Å². The van der Waals surface area contributed by atoms with Gasteiger partial charge < -0.3 is 10.1 Å². The Hall–Kier alpha value is -1.44. The number of ether oxygens (including phenoxy) is 1. The van der Waals surface area contributed by atoms with Crippen LogP contribution in [0.3, 0.4) is 0 Å². The van der Waals surface area contributed by atoms with E-state index in [1.807, 2.05) is 30.3 Å². The Balaban J connectivity index is 1.31. The highest BCUT2D eigenvalue weighted by Gasteiger charge is 2.43. The summed E-state index contributed by atoms with van der Waals surface area (Å²) in [7, 11) is -3.32. The fraction of sp³-hybridized carbons (Fsp3) is 0.667. The van der Waals surface area contributed by atoms with Crippen LogP contribution in [0.2, 0.25) is 0 Å². The van der Waals surface area contributed by atoms with Crippen molar-refractivity contribution in [3.05, 3.63) is 35.9 Å². The van der Waals surface area contributed by atoms with Crippen molar-refractivity contribution in [2.45, 2.75) is 62.3 Å². The molecular formula is C21H30N2O4S. The lowest BCUT2D eigenvalue weighted by Gasteiger charge is -2.45. The van der Waals surface area contributed by atoms with E-state index in [9.17, 15) is 13.2 Å². The summed E-state index contributed by atoms with van der Waals surface area (Å²) in [6, 6.07) is 9.73. The summed E-state index contributed by atoms with van der Waals surface area (Å²) in [4.78, 5) is 12.2. The molecule has 1 N–H and O–H groups in total. The van der Waals surface area contributed by atoms with Crippen molar-refractivity contribution in [2.24, 2.45) is 5.92 Å². The first-order valence-electron chi connectivity index (χ1n) is 10.4. The third kappa shape index (κ3) is 4.93. The second kappa shape index (κ2) is 8.13. The van der Waals surface area contributed by atoms with Gasteiger partial charge in [0.05, 0.1) is 11.4 Å². The van der Waals surface area contributed by atoms with Crippen LogP contribution in [-0.2, 0) is 25.3 Å². The fourth-order valence-corrected chi connectivity index (χ4v) is 6.01. The number of carbonyl (C=O) groups is 1. The van der Waals surface area contributed by atoms with Gasteiger partial charge in [0, 0.05) is 32.2 Å². The van der Waals surface area contributed by atoms with Crippen molar-refractivity contribution in [3.8, 4) is 0 Å². The average Bonchev–Trinajstić information content (AvgIpc) is 3.46. The molecule has 2 aliphatic heterocycles. The van der Waals surface area contributed by atoms with E-state index in [2.05, 4.69) is 5.32 Å². The molecule has 7 heteroatoms. The molecule has 1 spiro atoms. The van der Waals surface area contributed by atoms with Crippen LogP contribution in [0.1, 0.15) is 50.5 Å². The van der Waals surface area contributed by atoms with Crippen molar-refractivity contribution in [1.82, 2.24) is 9.62 Å². The Morgan fingerprint density at radius 3 is 2.54 bits per heavy atom. The quantitative estimate of drug-likeness (QED) is 0.787. The summed E-state index contributed by atoms with van der Waals surface area (Å²) in [5, 5.41) is 3.08. The topological polar surface area (TPSA) is 75.7 Å². The number of nitrogens with one attached hydrogen (secondary N) is 1.